The first kappa shape index (κ1) is 21.5. The molecule has 2 aromatic rings. The molecule has 1 aliphatic rings. The largest absolute Gasteiger partial charge is 0.487 e. The molecule has 0 spiro atoms. The highest BCUT2D eigenvalue weighted by atomic mass is 127. The normalized spacial score (nSPS) is 15.5. The molecule has 1 N–H and O–H groups in total. The van der Waals surface area contributed by atoms with Crippen LogP contribution in [0, 0.1) is 3.57 Å². The average molecular weight is 588 g/mol. The summed E-state index contributed by atoms with van der Waals surface area (Å²) in [4.78, 5) is 38.3. The molecule has 1 aliphatic heterocycles. The van der Waals surface area contributed by atoms with Crippen LogP contribution in [-0.4, -0.2) is 24.5 Å². The monoisotopic (exact) mass is 586 g/mol. The van der Waals surface area contributed by atoms with Crippen LogP contribution in [0.4, 0.5) is 10.5 Å². The van der Waals surface area contributed by atoms with Crippen molar-refractivity contribution in [2.75, 3.05) is 11.5 Å². The van der Waals surface area contributed by atoms with Crippen molar-refractivity contribution in [3.05, 3.63) is 73.3 Å². The fourth-order valence-electron chi connectivity index (χ4n) is 2.59. The number of anilines is 1. The zero-order chi connectivity index (χ0) is 21.1. The summed E-state index contributed by atoms with van der Waals surface area (Å²) in [6.45, 7) is 3.96. The molecular formula is C20H13BrClIN2O4. The third kappa shape index (κ3) is 4.71. The van der Waals surface area contributed by atoms with E-state index in [9.17, 15) is 14.4 Å². The molecule has 1 fully saturated rings. The van der Waals surface area contributed by atoms with Gasteiger partial charge in [0.2, 0.25) is 0 Å². The lowest BCUT2D eigenvalue weighted by Gasteiger charge is -2.26. The van der Waals surface area contributed by atoms with E-state index in [4.69, 9.17) is 16.3 Å². The lowest BCUT2D eigenvalue weighted by molar-refractivity contribution is -0.122. The highest BCUT2D eigenvalue weighted by Gasteiger charge is 2.36. The number of benzene rings is 2. The number of hydrogen-bond acceptors (Lipinski definition) is 4. The van der Waals surface area contributed by atoms with Gasteiger partial charge in [-0.25, -0.2) is 9.69 Å². The maximum atomic E-state index is 12.9. The Balaban J connectivity index is 1.98. The van der Waals surface area contributed by atoms with Crippen molar-refractivity contribution in [2.24, 2.45) is 0 Å². The molecule has 0 unspecified atom stereocenters. The van der Waals surface area contributed by atoms with Gasteiger partial charge in [-0.2, -0.15) is 0 Å². The summed E-state index contributed by atoms with van der Waals surface area (Å²) in [7, 11) is 0. The zero-order valence-corrected chi connectivity index (χ0v) is 19.2. The number of carbonyl (C=O) groups excluding carboxylic acids is 3. The minimum Gasteiger partial charge on any atom is -0.487 e. The number of halogens is 3. The molecular weight excluding hydrogens is 574 g/mol. The Bertz CT molecular complexity index is 1030. The molecule has 1 saturated heterocycles. The Labute approximate surface area is 193 Å². The van der Waals surface area contributed by atoms with Gasteiger partial charge in [0.15, 0.2) is 0 Å². The first-order valence-corrected chi connectivity index (χ1v) is 10.5. The molecule has 0 atom stereocenters. The van der Waals surface area contributed by atoms with Crippen molar-refractivity contribution in [2.45, 2.75) is 0 Å². The van der Waals surface area contributed by atoms with Crippen LogP contribution in [0.3, 0.4) is 0 Å². The van der Waals surface area contributed by atoms with Crippen LogP contribution in [0.25, 0.3) is 6.08 Å². The second kappa shape index (κ2) is 9.10. The average Bonchev–Trinajstić information content (AvgIpc) is 2.66. The predicted molar refractivity (Wildman–Crippen MR) is 123 cm³/mol. The lowest BCUT2D eigenvalue weighted by Crippen LogP contribution is -2.54. The summed E-state index contributed by atoms with van der Waals surface area (Å²) in [5, 5.41) is 2.65. The Morgan fingerprint density at radius 1 is 1.21 bits per heavy atom. The van der Waals surface area contributed by atoms with Crippen molar-refractivity contribution >= 4 is 79.7 Å². The van der Waals surface area contributed by atoms with Crippen LogP contribution in [-0.2, 0) is 9.59 Å². The number of nitrogens with zero attached hydrogens (tertiary/aromatic N) is 1. The lowest BCUT2D eigenvalue weighted by atomic mass is 10.1. The maximum absolute atomic E-state index is 12.9. The van der Waals surface area contributed by atoms with Crippen LogP contribution >= 0.6 is 50.1 Å². The maximum Gasteiger partial charge on any atom is 0.335 e. The predicted octanol–water partition coefficient (Wildman–Crippen LogP) is 4.94. The number of ether oxygens (including phenoxy) is 1. The highest BCUT2D eigenvalue weighted by Crippen LogP contribution is 2.33. The highest BCUT2D eigenvalue weighted by molar-refractivity contribution is 14.1. The van der Waals surface area contributed by atoms with E-state index in [1.54, 1.807) is 30.3 Å². The van der Waals surface area contributed by atoms with Crippen molar-refractivity contribution < 1.29 is 19.1 Å². The van der Waals surface area contributed by atoms with Crippen LogP contribution in [0.2, 0.25) is 5.02 Å². The molecule has 148 valence electrons. The molecule has 1 heterocycles. The molecule has 3 rings (SSSR count). The Morgan fingerprint density at radius 3 is 2.52 bits per heavy atom. The van der Waals surface area contributed by atoms with Gasteiger partial charge in [0.25, 0.3) is 11.8 Å². The van der Waals surface area contributed by atoms with Crippen LogP contribution in [0.15, 0.2) is 59.1 Å². The molecule has 2 aromatic carbocycles. The van der Waals surface area contributed by atoms with Crippen LogP contribution < -0.4 is 15.0 Å². The minimum atomic E-state index is -0.816. The van der Waals surface area contributed by atoms with E-state index in [1.165, 1.54) is 18.2 Å². The zero-order valence-electron chi connectivity index (χ0n) is 14.7. The van der Waals surface area contributed by atoms with E-state index in [0.717, 1.165) is 8.47 Å². The fourth-order valence-corrected chi connectivity index (χ4v) is 4.49. The number of rotatable bonds is 5. The second-order valence-corrected chi connectivity index (χ2v) is 8.30. The van der Waals surface area contributed by atoms with Gasteiger partial charge in [0.1, 0.15) is 17.9 Å². The number of amides is 4. The summed E-state index contributed by atoms with van der Waals surface area (Å²) in [6, 6.07) is 8.83. The summed E-state index contributed by atoms with van der Waals surface area (Å²) < 4.78 is 7.04. The van der Waals surface area contributed by atoms with Crippen molar-refractivity contribution in [1.29, 1.82) is 0 Å². The fraction of sp³-hybridized carbons (Fsp3) is 0.0500. The number of carbonyl (C=O) groups is 3. The number of nitrogens with one attached hydrogen (secondary N) is 1. The first-order valence-electron chi connectivity index (χ1n) is 8.21. The van der Waals surface area contributed by atoms with Crippen molar-refractivity contribution in [3.63, 3.8) is 0 Å². The Kier molecular flexibility index (Phi) is 6.76. The number of barbiturate groups is 1. The first-order chi connectivity index (χ1) is 13.8. The topological polar surface area (TPSA) is 75.7 Å². The van der Waals surface area contributed by atoms with Gasteiger partial charge in [-0.3, -0.25) is 14.9 Å². The molecule has 29 heavy (non-hydrogen) atoms. The van der Waals surface area contributed by atoms with E-state index in [1.807, 2.05) is 0 Å². The minimum absolute atomic E-state index is 0.165. The van der Waals surface area contributed by atoms with Gasteiger partial charge in [0.05, 0.1) is 13.7 Å². The van der Waals surface area contributed by atoms with E-state index in [-0.39, 0.29) is 5.57 Å². The number of urea groups is 1. The summed E-state index contributed by atoms with van der Waals surface area (Å²) in [5.41, 5.74) is 0.734. The van der Waals surface area contributed by atoms with Crippen molar-refractivity contribution in [3.8, 4) is 5.75 Å². The molecule has 0 aromatic heterocycles. The van der Waals surface area contributed by atoms with Gasteiger partial charge in [-0.05, 0) is 86.6 Å². The molecule has 6 nitrogen and oxygen atoms in total. The molecule has 4 amide bonds. The van der Waals surface area contributed by atoms with Crippen molar-refractivity contribution in [1.82, 2.24) is 5.32 Å². The second-order valence-electron chi connectivity index (χ2n) is 5.85. The quantitative estimate of drug-likeness (QED) is 0.233. The van der Waals surface area contributed by atoms with E-state index >= 15 is 0 Å². The van der Waals surface area contributed by atoms with Gasteiger partial charge in [-0.15, -0.1) is 0 Å². The van der Waals surface area contributed by atoms with Gasteiger partial charge < -0.3 is 4.74 Å². The molecule has 0 radical (unpaired) electrons. The number of hydrogen-bond donors (Lipinski definition) is 1. The van der Waals surface area contributed by atoms with Crippen LogP contribution in [0.5, 0.6) is 5.75 Å². The molecule has 0 saturated carbocycles. The smallest absolute Gasteiger partial charge is 0.335 e. The molecule has 9 heteroatoms. The Hall–Kier alpha value is -2.17. The third-order valence-electron chi connectivity index (χ3n) is 3.86. The van der Waals surface area contributed by atoms with E-state index in [0.29, 0.717) is 33.1 Å². The molecule has 0 bridgehead atoms. The summed E-state index contributed by atoms with van der Waals surface area (Å²) >= 11 is 11.4. The molecule has 0 aliphatic carbocycles. The van der Waals surface area contributed by atoms with Gasteiger partial charge >= 0.3 is 6.03 Å². The van der Waals surface area contributed by atoms with Crippen LogP contribution in [0.1, 0.15) is 5.56 Å². The van der Waals surface area contributed by atoms with Gasteiger partial charge in [-0.1, -0.05) is 24.3 Å². The summed E-state index contributed by atoms with van der Waals surface area (Å²) in [5.74, 6) is -0.854. The van der Waals surface area contributed by atoms with E-state index < -0.39 is 17.8 Å². The third-order valence-corrected chi connectivity index (χ3v) is 5.51. The summed E-state index contributed by atoms with van der Waals surface area (Å²) in [6.07, 6.45) is 3.06. The SMILES string of the molecule is C=CCOc1c(Br)cc(/C=C2\C(=O)NC(=O)N(c3ccc(Cl)cc3)C2=O)cc1I. The number of imide groups is 2. The standard InChI is InChI=1S/C20H13BrClIN2O4/c1-2-7-29-17-15(21)9-11(10-16(17)23)8-14-18(26)24-20(28)25(19(14)27)13-5-3-12(22)4-6-13/h2-6,8-10H,1,7H2,(H,24,26,28)/b14-8+. The van der Waals surface area contributed by atoms with Gasteiger partial charge in [0, 0.05) is 5.02 Å². The Morgan fingerprint density at radius 2 is 1.90 bits per heavy atom. The van der Waals surface area contributed by atoms with E-state index in [2.05, 4.69) is 50.4 Å².